The number of hydrogen-bond donors (Lipinski definition) is 1. The Labute approximate surface area is 97.5 Å². The first-order valence-corrected chi connectivity index (χ1v) is 6.55. The lowest BCUT2D eigenvalue weighted by Gasteiger charge is -2.05. The first-order chi connectivity index (χ1) is 7.40. The summed E-state index contributed by atoms with van der Waals surface area (Å²) in [4.78, 5) is 4.05. The van der Waals surface area contributed by atoms with Crippen molar-refractivity contribution in [3.05, 3.63) is 47.1 Å². The van der Waals surface area contributed by atoms with Gasteiger partial charge >= 0.3 is 0 Å². The number of aromatic nitrogens is 1. The fraction of sp³-hybridized carbons (Fsp3) is 0.182. The van der Waals surface area contributed by atoms with Crippen molar-refractivity contribution in [2.45, 2.75) is 16.5 Å². The van der Waals surface area contributed by atoms with E-state index in [2.05, 4.69) is 23.2 Å². The molecule has 0 atom stereocenters. The zero-order valence-corrected chi connectivity index (χ0v) is 9.85. The van der Waals surface area contributed by atoms with Gasteiger partial charge in [0.05, 0.1) is 15.9 Å². The first kappa shape index (κ1) is 10.7. The monoisotopic (exact) mass is 236 g/mol. The van der Waals surface area contributed by atoms with Gasteiger partial charge in [0.25, 0.3) is 0 Å². The second kappa shape index (κ2) is 5.30. The molecule has 0 bridgehead atoms. The molecule has 0 saturated carbocycles. The molecular weight excluding hydrogens is 224 g/mol. The van der Waals surface area contributed by atoms with E-state index >= 15 is 0 Å². The molecule has 0 radical (unpaired) electrons. The number of rotatable bonds is 4. The highest BCUT2D eigenvalue weighted by Gasteiger charge is 2.01. The molecular formula is C11H12N2S2. The molecule has 0 unspecified atom stereocenters. The third-order valence-electron chi connectivity index (χ3n) is 2.12. The summed E-state index contributed by atoms with van der Waals surface area (Å²) in [7, 11) is 0. The molecule has 0 fully saturated rings. The molecule has 2 N–H and O–H groups in total. The van der Waals surface area contributed by atoms with Crippen molar-refractivity contribution < 1.29 is 0 Å². The van der Waals surface area contributed by atoms with Crippen molar-refractivity contribution in [2.24, 2.45) is 5.73 Å². The molecule has 0 aliphatic rings. The molecule has 2 nitrogen and oxygen atoms in total. The maximum absolute atomic E-state index is 5.68. The van der Waals surface area contributed by atoms with Gasteiger partial charge in [0.15, 0.2) is 0 Å². The summed E-state index contributed by atoms with van der Waals surface area (Å²) in [5.74, 6) is 0.968. The Balaban J connectivity index is 2.04. The molecule has 2 aromatic rings. The second-order valence-electron chi connectivity index (χ2n) is 3.08. The van der Waals surface area contributed by atoms with E-state index in [1.54, 1.807) is 11.3 Å². The summed E-state index contributed by atoms with van der Waals surface area (Å²) in [6, 6.07) is 8.31. The lowest BCUT2D eigenvalue weighted by molar-refractivity contribution is 1.04. The van der Waals surface area contributed by atoms with E-state index < -0.39 is 0 Å². The van der Waals surface area contributed by atoms with Crippen LogP contribution in [0.3, 0.4) is 0 Å². The summed E-state index contributed by atoms with van der Waals surface area (Å²) in [6.07, 6.45) is 1.90. The zero-order chi connectivity index (χ0) is 10.5. The van der Waals surface area contributed by atoms with Crippen molar-refractivity contribution in [2.75, 3.05) is 0 Å². The van der Waals surface area contributed by atoms with Crippen LogP contribution in [0.15, 0.2) is 40.2 Å². The molecule has 2 rings (SSSR count). The molecule has 0 amide bonds. The standard InChI is InChI=1S/C11H12N2S2/c12-5-9-3-1-2-4-10(9)7-14-11-6-13-8-15-11/h1-4,6,8H,5,7,12H2. The summed E-state index contributed by atoms with van der Waals surface area (Å²) in [5, 5.41) is 0. The Morgan fingerprint density at radius 1 is 1.27 bits per heavy atom. The van der Waals surface area contributed by atoms with E-state index in [0.717, 1.165) is 5.75 Å². The van der Waals surface area contributed by atoms with Crippen LogP contribution in [0.25, 0.3) is 0 Å². The van der Waals surface area contributed by atoms with Crippen LogP contribution in [0.5, 0.6) is 0 Å². The molecule has 0 spiro atoms. The van der Waals surface area contributed by atoms with Crippen LogP contribution in [-0.2, 0) is 12.3 Å². The van der Waals surface area contributed by atoms with E-state index in [1.165, 1.54) is 15.3 Å². The quantitative estimate of drug-likeness (QED) is 0.830. The second-order valence-corrected chi connectivity index (χ2v) is 5.24. The van der Waals surface area contributed by atoms with E-state index in [0.29, 0.717) is 6.54 Å². The molecule has 0 aliphatic heterocycles. The zero-order valence-electron chi connectivity index (χ0n) is 8.22. The average Bonchev–Trinajstić information content (AvgIpc) is 2.79. The van der Waals surface area contributed by atoms with Crippen LogP contribution in [0.1, 0.15) is 11.1 Å². The first-order valence-electron chi connectivity index (χ1n) is 4.68. The predicted octanol–water partition coefficient (Wildman–Crippen LogP) is 2.89. The number of nitrogens with two attached hydrogens (primary N) is 1. The smallest absolute Gasteiger partial charge is 0.0803 e. The van der Waals surface area contributed by atoms with Crippen molar-refractivity contribution in [1.82, 2.24) is 4.98 Å². The third-order valence-corrected chi connectivity index (χ3v) is 4.17. The highest BCUT2D eigenvalue weighted by atomic mass is 32.2. The normalized spacial score (nSPS) is 10.5. The third kappa shape index (κ3) is 2.81. The fourth-order valence-corrected chi connectivity index (χ4v) is 2.96. The van der Waals surface area contributed by atoms with E-state index in [1.807, 2.05) is 29.5 Å². The molecule has 1 aromatic heterocycles. The minimum atomic E-state index is 0.611. The van der Waals surface area contributed by atoms with E-state index in [-0.39, 0.29) is 0 Å². The van der Waals surface area contributed by atoms with Crippen molar-refractivity contribution in [3.8, 4) is 0 Å². The highest BCUT2D eigenvalue weighted by molar-refractivity contribution is 8.00. The van der Waals surface area contributed by atoms with Gasteiger partial charge < -0.3 is 5.73 Å². The highest BCUT2D eigenvalue weighted by Crippen LogP contribution is 2.26. The van der Waals surface area contributed by atoms with Crippen LogP contribution in [-0.4, -0.2) is 4.98 Å². The Hall–Kier alpha value is -0.840. The number of nitrogens with zero attached hydrogens (tertiary/aromatic N) is 1. The van der Waals surface area contributed by atoms with Gasteiger partial charge in [0.1, 0.15) is 0 Å². The Kier molecular flexibility index (Phi) is 3.77. The summed E-state index contributed by atoms with van der Waals surface area (Å²) < 4.78 is 1.25. The molecule has 78 valence electrons. The van der Waals surface area contributed by atoms with Gasteiger partial charge in [-0.25, -0.2) is 0 Å². The largest absolute Gasteiger partial charge is 0.326 e. The lowest BCUT2D eigenvalue weighted by Crippen LogP contribution is -1.99. The van der Waals surface area contributed by atoms with Crippen LogP contribution in [0, 0.1) is 0 Å². The predicted molar refractivity (Wildman–Crippen MR) is 66.0 cm³/mol. The SMILES string of the molecule is NCc1ccccc1CSc1cncs1. The van der Waals surface area contributed by atoms with Crippen LogP contribution in [0.4, 0.5) is 0 Å². The minimum Gasteiger partial charge on any atom is -0.326 e. The molecule has 15 heavy (non-hydrogen) atoms. The van der Waals surface area contributed by atoms with Gasteiger partial charge in [-0.3, -0.25) is 4.98 Å². The van der Waals surface area contributed by atoms with Gasteiger partial charge in [-0.1, -0.05) is 24.3 Å². The Morgan fingerprint density at radius 3 is 2.73 bits per heavy atom. The molecule has 4 heteroatoms. The van der Waals surface area contributed by atoms with Crippen LogP contribution >= 0.6 is 23.1 Å². The van der Waals surface area contributed by atoms with Crippen molar-refractivity contribution >= 4 is 23.1 Å². The number of hydrogen-bond acceptors (Lipinski definition) is 4. The van der Waals surface area contributed by atoms with Crippen LogP contribution < -0.4 is 5.73 Å². The van der Waals surface area contributed by atoms with Crippen LogP contribution in [0.2, 0.25) is 0 Å². The molecule has 1 heterocycles. The maximum atomic E-state index is 5.68. The summed E-state index contributed by atoms with van der Waals surface area (Å²) >= 11 is 3.49. The molecule has 1 aromatic carbocycles. The topological polar surface area (TPSA) is 38.9 Å². The van der Waals surface area contributed by atoms with Gasteiger partial charge in [0.2, 0.25) is 0 Å². The van der Waals surface area contributed by atoms with E-state index in [4.69, 9.17) is 5.73 Å². The van der Waals surface area contributed by atoms with Gasteiger partial charge in [-0.05, 0) is 11.1 Å². The Bertz CT molecular complexity index is 412. The summed E-state index contributed by atoms with van der Waals surface area (Å²) in [5.41, 5.74) is 10.1. The number of thioether (sulfide) groups is 1. The van der Waals surface area contributed by atoms with Gasteiger partial charge in [0, 0.05) is 12.3 Å². The molecule has 0 aliphatic carbocycles. The number of benzene rings is 1. The summed E-state index contributed by atoms with van der Waals surface area (Å²) in [6.45, 7) is 0.611. The van der Waals surface area contributed by atoms with E-state index in [9.17, 15) is 0 Å². The number of thiazole rings is 1. The Morgan fingerprint density at radius 2 is 2.07 bits per heavy atom. The van der Waals surface area contributed by atoms with Gasteiger partial charge in [-0.2, -0.15) is 0 Å². The van der Waals surface area contributed by atoms with Crippen molar-refractivity contribution in [1.29, 1.82) is 0 Å². The molecule has 0 saturated heterocycles. The minimum absolute atomic E-state index is 0.611. The lowest BCUT2D eigenvalue weighted by atomic mass is 10.1. The van der Waals surface area contributed by atoms with Crippen molar-refractivity contribution in [3.63, 3.8) is 0 Å². The average molecular weight is 236 g/mol. The fourth-order valence-electron chi connectivity index (χ4n) is 1.32. The van der Waals surface area contributed by atoms with Gasteiger partial charge in [-0.15, -0.1) is 23.1 Å². The maximum Gasteiger partial charge on any atom is 0.0803 e.